The molecule has 2 aromatic carbocycles. The summed E-state index contributed by atoms with van der Waals surface area (Å²) in [5.74, 6) is -0.498. The maximum Gasteiger partial charge on any atom is 0.379 e. The van der Waals surface area contributed by atoms with Crippen LogP contribution in [0.5, 0.6) is 5.75 Å². The Balaban J connectivity index is 1.65. The molecule has 0 bridgehead atoms. The van der Waals surface area contributed by atoms with E-state index in [9.17, 15) is 9.18 Å². The Morgan fingerprint density at radius 3 is 2.67 bits per heavy atom. The van der Waals surface area contributed by atoms with Crippen molar-refractivity contribution >= 4 is 16.9 Å². The topological polar surface area (TPSA) is 65.5 Å². The summed E-state index contributed by atoms with van der Waals surface area (Å²) in [6.07, 6.45) is 1.39. The minimum atomic E-state index is -0.599. The number of ether oxygens (including phenoxy) is 1. The van der Waals surface area contributed by atoms with Crippen LogP contribution in [0.2, 0.25) is 0 Å². The highest BCUT2D eigenvalue weighted by Gasteiger charge is 2.15. The van der Waals surface area contributed by atoms with Crippen molar-refractivity contribution in [3.63, 3.8) is 0 Å². The van der Waals surface area contributed by atoms with Crippen LogP contribution in [0.1, 0.15) is 10.6 Å². The van der Waals surface area contributed by atoms with Crippen LogP contribution in [-0.4, -0.2) is 11.1 Å². The Hall–Kier alpha value is -3.41. The molecule has 0 saturated carbocycles. The molecular formula is C18H10FNO4. The summed E-state index contributed by atoms with van der Waals surface area (Å²) >= 11 is 0. The largest absolute Gasteiger partial charge is 0.457 e. The molecule has 4 rings (SSSR count). The lowest BCUT2D eigenvalue weighted by Gasteiger charge is -2.02. The summed E-state index contributed by atoms with van der Waals surface area (Å²) in [6, 6.07) is 14.0. The van der Waals surface area contributed by atoms with Gasteiger partial charge >= 0.3 is 5.97 Å². The normalized spacial score (nSPS) is 10.9. The molecule has 118 valence electrons. The van der Waals surface area contributed by atoms with Gasteiger partial charge in [-0.25, -0.2) is 9.18 Å². The predicted octanol–water partition coefficient (Wildman–Crippen LogP) is 4.45. The molecule has 0 saturated heterocycles. The lowest BCUT2D eigenvalue weighted by atomic mass is 10.1. The molecule has 4 aromatic rings. The van der Waals surface area contributed by atoms with E-state index in [4.69, 9.17) is 13.7 Å². The van der Waals surface area contributed by atoms with Crippen molar-refractivity contribution < 1.29 is 22.9 Å². The number of hydrogen-bond acceptors (Lipinski definition) is 5. The quantitative estimate of drug-likeness (QED) is 0.412. The van der Waals surface area contributed by atoms with E-state index in [1.165, 1.54) is 24.5 Å². The molecule has 0 fully saturated rings. The zero-order valence-corrected chi connectivity index (χ0v) is 12.2. The molecule has 5 nitrogen and oxygen atoms in total. The van der Waals surface area contributed by atoms with Crippen LogP contribution in [0.25, 0.3) is 22.2 Å². The van der Waals surface area contributed by atoms with Gasteiger partial charge in [-0.3, -0.25) is 0 Å². The summed E-state index contributed by atoms with van der Waals surface area (Å²) in [6.45, 7) is 0. The second-order valence-corrected chi connectivity index (χ2v) is 5.06. The summed E-state index contributed by atoms with van der Waals surface area (Å²) in [7, 11) is 0. The molecule has 0 aliphatic carbocycles. The number of carbonyl (C=O) groups is 1. The van der Waals surface area contributed by atoms with Gasteiger partial charge in [-0.15, -0.1) is 0 Å². The van der Waals surface area contributed by atoms with Gasteiger partial charge in [0.15, 0.2) is 5.58 Å². The monoisotopic (exact) mass is 323 g/mol. The van der Waals surface area contributed by atoms with Crippen LogP contribution in [0.3, 0.4) is 0 Å². The Morgan fingerprint density at radius 2 is 1.92 bits per heavy atom. The van der Waals surface area contributed by atoms with Crippen molar-refractivity contribution in [2.75, 3.05) is 0 Å². The average molecular weight is 323 g/mol. The fourth-order valence-corrected chi connectivity index (χ4v) is 2.35. The van der Waals surface area contributed by atoms with Crippen LogP contribution in [0.15, 0.2) is 69.8 Å². The lowest BCUT2D eigenvalue weighted by Crippen LogP contribution is -2.06. The standard InChI is InChI=1S/C18H10FNO4/c19-12-5-3-11(4-6-12)17-14-8-7-13(10-16(14)24-20-17)23-18(21)15-2-1-9-22-15/h1-10H. The first-order valence-corrected chi connectivity index (χ1v) is 7.12. The molecule has 2 aromatic heterocycles. The zero-order valence-electron chi connectivity index (χ0n) is 12.2. The molecule has 0 amide bonds. The Kier molecular flexibility index (Phi) is 3.35. The number of hydrogen-bond donors (Lipinski definition) is 0. The van der Waals surface area contributed by atoms with E-state index in [2.05, 4.69) is 5.16 Å². The van der Waals surface area contributed by atoms with Gasteiger partial charge in [-0.05, 0) is 48.5 Å². The number of carbonyl (C=O) groups excluding carboxylic acids is 1. The van der Waals surface area contributed by atoms with Gasteiger partial charge in [-0.2, -0.15) is 0 Å². The van der Waals surface area contributed by atoms with Crippen molar-refractivity contribution in [2.45, 2.75) is 0 Å². The van der Waals surface area contributed by atoms with Crippen LogP contribution in [0, 0.1) is 5.82 Å². The first kappa shape index (κ1) is 14.2. The summed E-state index contributed by atoms with van der Waals surface area (Å²) in [4.78, 5) is 11.9. The van der Waals surface area contributed by atoms with E-state index in [1.54, 1.807) is 36.4 Å². The Morgan fingerprint density at radius 1 is 1.08 bits per heavy atom. The highest BCUT2D eigenvalue weighted by atomic mass is 19.1. The molecule has 2 heterocycles. The third-order valence-corrected chi connectivity index (χ3v) is 3.49. The second-order valence-electron chi connectivity index (χ2n) is 5.06. The van der Waals surface area contributed by atoms with Gasteiger partial charge in [0, 0.05) is 17.0 Å². The summed E-state index contributed by atoms with van der Waals surface area (Å²) in [5, 5.41) is 4.74. The number of benzene rings is 2. The fraction of sp³-hybridized carbons (Fsp3) is 0. The molecule has 6 heteroatoms. The SMILES string of the molecule is O=C(Oc1ccc2c(-c3ccc(F)cc3)noc2c1)c1ccco1. The molecule has 24 heavy (non-hydrogen) atoms. The smallest absolute Gasteiger partial charge is 0.379 e. The Bertz CT molecular complexity index is 1000. The third kappa shape index (κ3) is 2.54. The molecule has 0 spiro atoms. The van der Waals surface area contributed by atoms with Crippen molar-refractivity contribution in [1.82, 2.24) is 5.16 Å². The number of fused-ring (bicyclic) bond motifs is 1. The van der Waals surface area contributed by atoms with Gasteiger partial charge in [0.1, 0.15) is 17.3 Å². The summed E-state index contributed by atoms with van der Waals surface area (Å²) in [5.41, 5.74) is 1.78. The van der Waals surface area contributed by atoms with E-state index in [0.29, 0.717) is 17.0 Å². The van der Waals surface area contributed by atoms with E-state index in [-0.39, 0.29) is 11.6 Å². The second kappa shape index (κ2) is 5.66. The van der Waals surface area contributed by atoms with E-state index < -0.39 is 5.97 Å². The highest BCUT2D eigenvalue weighted by Crippen LogP contribution is 2.30. The summed E-state index contributed by atoms with van der Waals surface area (Å²) < 4.78 is 28.5. The minimum absolute atomic E-state index is 0.111. The molecule has 0 N–H and O–H groups in total. The Labute approximate surface area is 135 Å². The van der Waals surface area contributed by atoms with Crippen molar-refractivity contribution in [1.29, 1.82) is 0 Å². The highest BCUT2D eigenvalue weighted by molar-refractivity contribution is 5.93. The van der Waals surface area contributed by atoms with E-state index >= 15 is 0 Å². The maximum absolute atomic E-state index is 13.0. The fourth-order valence-electron chi connectivity index (χ4n) is 2.35. The van der Waals surface area contributed by atoms with Gasteiger partial charge in [0.2, 0.25) is 5.76 Å². The van der Waals surface area contributed by atoms with Crippen molar-refractivity contribution in [3.8, 4) is 17.0 Å². The third-order valence-electron chi connectivity index (χ3n) is 3.49. The zero-order chi connectivity index (χ0) is 16.5. The molecule has 0 atom stereocenters. The van der Waals surface area contributed by atoms with Crippen molar-refractivity contribution in [2.24, 2.45) is 0 Å². The predicted molar refractivity (Wildman–Crippen MR) is 83.1 cm³/mol. The molecule has 0 aliphatic heterocycles. The van der Waals surface area contributed by atoms with Crippen molar-refractivity contribution in [3.05, 3.63) is 72.4 Å². The average Bonchev–Trinajstić information content (AvgIpc) is 3.25. The number of aromatic nitrogens is 1. The van der Waals surface area contributed by atoms with Gasteiger partial charge < -0.3 is 13.7 Å². The van der Waals surface area contributed by atoms with Crippen LogP contribution in [0.4, 0.5) is 4.39 Å². The van der Waals surface area contributed by atoms with E-state index in [0.717, 1.165) is 10.9 Å². The molecule has 0 aliphatic rings. The van der Waals surface area contributed by atoms with Gasteiger partial charge in [-0.1, -0.05) is 5.16 Å². The van der Waals surface area contributed by atoms with Crippen LogP contribution < -0.4 is 4.74 Å². The molecule has 0 radical (unpaired) electrons. The first-order chi connectivity index (χ1) is 11.7. The minimum Gasteiger partial charge on any atom is -0.457 e. The number of rotatable bonds is 3. The molecule has 0 unspecified atom stereocenters. The first-order valence-electron chi connectivity index (χ1n) is 7.12. The lowest BCUT2D eigenvalue weighted by molar-refractivity contribution is 0.0701. The van der Waals surface area contributed by atoms with E-state index in [1.807, 2.05) is 0 Å². The number of furan rings is 1. The van der Waals surface area contributed by atoms with Gasteiger partial charge in [0.25, 0.3) is 0 Å². The number of esters is 1. The van der Waals surface area contributed by atoms with Gasteiger partial charge in [0.05, 0.1) is 6.26 Å². The maximum atomic E-state index is 13.0. The van der Waals surface area contributed by atoms with Crippen LogP contribution in [-0.2, 0) is 0 Å². The number of halogens is 1. The molecular weight excluding hydrogens is 313 g/mol. The number of nitrogens with zero attached hydrogens (tertiary/aromatic N) is 1. The van der Waals surface area contributed by atoms with Crippen LogP contribution >= 0.6 is 0 Å².